The molecule has 0 spiro atoms. The Morgan fingerprint density at radius 1 is 1.58 bits per heavy atom. The van der Waals surface area contributed by atoms with E-state index >= 15 is 0 Å². The van der Waals surface area contributed by atoms with Crippen molar-refractivity contribution < 1.29 is 78.4 Å². The summed E-state index contributed by atoms with van der Waals surface area (Å²) in [6, 6.07) is 0. The first-order valence-electron chi connectivity index (χ1n) is 2.59. The minimum absolute atomic E-state index is 0. The van der Waals surface area contributed by atoms with Crippen LogP contribution in [-0.4, -0.2) is 30.1 Å². The van der Waals surface area contributed by atoms with E-state index in [1.54, 1.807) is 6.92 Å². The van der Waals surface area contributed by atoms with Crippen LogP contribution in [0.5, 0.6) is 0 Å². The summed E-state index contributed by atoms with van der Waals surface area (Å²) in [5, 5.41) is 0. The molecule has 0 unspecified atom stereocenters. The SMILES string of the molecule is CCOC(C)=O.O=S(=O)([O-])O.[K+]. The van der Waals surface area contributed by atoms with Crippen molar-refractivity contribution in [1.82, 2.24) is 0 Å². The third-order valence-corrected chi connectivity index (χ3v) is 0.348. The summed E-state index contributed by atoms with van der Waals surface area (Å²) >= 11 is 0. The van der Waals surface area contributed by atoms with Gasteiger partial charge in [-0.25, -0.2) is 8.42 Å². The number of rotatable bonds is 1. The van der Waals surface area contributed by atoms with Crippen LogP contribution in [0, 0.1) is 0 Å². The van der Waals surface area contributed by atoms with Crippen LogP contribution >= 0.6 is 0 Å². The number of hydrogen-bond donors (Lipinski definition) is 1. The largest absolute Gasteiger partial charge is 1.00 e. The molecule has 1 N–H and O–H groups in total. The Morgan fingerprint density at radius 2 is 1.83 bits per heavy atom. The number of carbonyl (C=O) groups is 1. The van der Waals surface area contributed by atoms with Crippen molar-refractivity contribution in [3.05, 3.63) is 0 Å². The van der Waals surface area contributed by atoms with Gasteiger partial charge in [-0.3, -0.25) is 9.35 Å². The second kappa shape index (κ2) is 10.1. The normalized spacial score (nSPS) is 8.67. The van der Waals surface area contributed by atoms with Crippen molar-refractivity contribution in [3.8, 4) is 0 Å². The number of ether oxygens (including phenoxy) is 1. The Bertz CT molecular complexity index is 190. The van der Waals surface area contributed by atoms with Crippen molar-refractivity contribution >= 4 is 16.4 Å². The van der Waals surface area contributed by atoms with E-state index in [-0.39, 0.29) is 57.4 Å². The molecule has 0 bridgehead atoms. The summed E-state index contributed by atoms with van der Waals surface area (Å²) in [5.41, 5.74) is 0. The zero-order chi connectivity index (χ0) is 9.49. The van der Waals surface area contributed by atoms with Crippen LogP contribution in [0.2, 0.25) is 0 Å². The average molecular weight is 224 g/mol. The van der Waals surface area contributed by atoms with Gasteiger partial charge in [0, 0.05) is 6.92 Å². The summed E-state index contributed by atoms with van der Waals surface area (Å²) in [4.78, 5) is 9.82. The second-order valence-corrected chi connectivity index (χ2v) is 2.21. The zero-order valence-corrected chi connectivity index (χ0v) is 11.0. The van der Waals surface area contributed by atoms with Crippen molar-refractivity contribution in [1.29, 1.82) is 0 Å². The quantitative estimate of drug-likeness (QED) is 0.215. The Labute approximate surface area is 114 Å². The van der Waals surface area contributed by atoms with Gasteiger partial charge in [0.2, 0.25) is 10.4 Å². The van der Waals surface area contributed by atoms with Crippen LogP contribution in [0.3, 0.4) is 0 Å². The number of hydrogen-bond acceptors (Lipinski definition) is 5. The smallest absolute Gasteiger partial charge is 0.726 e. The van der Waals surface area contributed by atoms with Crippen molar-refractivity contribution in [3.63, 3.8) is 0 Å². The van der Waals surface area contributed by atoms with E-state index in [1.807, 2.05) is 0 Å². The fourth-order valence-corrected chi connectivity index (χ4v) is 0.203. The molecule has 6 nitrogen and oxygen atoms in total. The van der Waals surface area contributed by atoms with Gasteiger partial charge in [-0.2, -0.15) is 0 Å². The van der Waals surface area contributed by atoms with Gasteiger partial charge in [0.25, 0.3) is 0 Å². The Kier molecular flexibility index (Phi) is 15.7. The first-order valence-corrected chi connectivity index (χ1v) is 3.95. The van der Waals surface area contributed by atoms with E-state index in [0.717, 1.165) is 0 Å². The Morgan fingerprint density at radius 3 is 1.83 bits per heavy atom. The van der Waals surface area contributed by atoms with Gasteiger partial charge in [-0.1, -0.05) is 0 Å². The molecule has 12 heavy (non-hydrogen) atoms. The number of esters is 1. The summed E-state index contributed by atoms with van der Waals surface area (Å²) in [6.45, 7) is 3.65. The number of carbonyl (C=O) groups excluding carboxylic acids is 1. The molecule has 0 fully saturated rings. The van der Waals surface area contributed by atoms with Crippen molar-refractivity contribution in [2.24, 2.45) is 0 Å². The summed E-state index contributed by atoms with van der Waals surface area (Å²) < 4.78 is 37.2. The third-order valence-electron chi connectivity index (χ3n) is 0.348. The molecule has 0 aliphatic carbocycles. The van der Waals surface area contributed by atoms with Gasteiger partial charge in [0.15, 0.2) is 0 Å². The molecule has 0 heterocycles. The molecule has 0 aliphatic heterocycles. The molecule has 0 saturated carbocycles. The van der Waals surface area contributed by atoms with E-state index in [4.69, 9.17) is 17.5 Å². The molecule has 8 heteroatoms. The molecule has 68 valence electrons. The molecule has 0 amide bonds. The summed E-state index contributed by atoms with van der Waals surface area (Å²) in [5.74, 6) is -0.211. The first kappa shape index (κ1) is 18.7. The standard InChI is InChI=1S/C4H8O2.K.H2O4S/c1-3-6-4(2)5;;1-5(2,3)4/h3H2,1-2H3;;(H2,1,2,3,4)/q;+1;/p-1. The fourth-order valence-electron chi connectivity index (χ4n) is 0.203. The van der Waals surface area contributed by atoms with Gasteiger partial charge >= 0.3 is 57.4 Å². The van der Waals surface area contributed by atoms with Gasteiger partial charge in [-0.05, 0) is 6.92 Å². The molecule has 0 radical (unpaired) electrons. The topological polar surface area (TPSA) is 104 Å². The molecule has 0 aliphatic rings. The van der Waals surface area contributed by atoms with E-state index in [0.29, 0.717) is 6.61 Å². The van der Waals surface area contributed by atoms with Crippen LogP contribution in [0.1, 0.15) is 13.8 Å². The van der Waals surface area contributed by atoms with Gasteiger partial charge < -0.3 is 9.29 Å². The van der Waals surface area contributed by atoms with E-state index in [9.17, 15) is 4.79 Å². The van der Waals surface area contributed by atoms with Gasteiger partial charge in [-0.15, -0.1) is 0 Å². The molecule has 0 aromatic heterocycles. The average Bonchev–Trinajstić information content (AvgIpc) is 1.58. The second-order valence-electron chi connectivity index (χ2n) is 1.35. The van der Waals surface area contributed by atoms with E-state index < -0.39 is 10.4 Å². The maximum atomic E-state index is 9.82. The monoisotopic (exact) mass is 224 g/mol. The predicted octanol–water partition coefficient (Wildman–Crippen LogP) is -3.42. The third kappa shape index (κ3) is 69.1. The maximum Gasteiger partial charge on any atom is 1.00 e. The minimum Gasteiger partial charge on any atom is -0.726 e. The molecular formula is C4H9KO6S. The molecule has 0 aromatic carbocycles. The molecule has 0 atom stereocenters. The van der Waals surface area contributed by atoms with Crippen molar-refractivity contribution in [2.45, 2.75) is 13.8 Å². The first-order chi connectivity index (χ1) is 4.77. The summed E-state index contributed by atoms with van der Waals surface area (Å²) in [6.07, 6.45) is 0. The Balaban J connectivity index is -0.000000126. The summed E-state index contributed by atoms with van der Waals surface area (Å²) in [7, 11) is -4.92. The van der Waals surface area contributed by atoms with E-state index in [2.05, 4.69) is 4.74 Å². The van der Waals surface area contributed by atoms with Crippen LogP contribution in [0.25, 0.3) is 0 Å². The molecule has 0 saturated heterocycles. The van der Waals surface area contributed by atoms with Gasteiger partial charge in [0.1, 0.15) is 0 Å². The predicted molar refractivity (Wildman–Crippen MR) is 34.6 cm³/mol. The fraction of sp³-hybridized carbons (Fsp3) is 0.750. The Hall–Kier alpha value is 0.976. The van der Waals surface area contributed by atoms with Crippen LogP contribution in [0.4, 0.5) is 0 Å². The van der Waals surface area contributed by atoms with Crippen LogP contribution in [0.15, 0.2) is 0 Å². The molecular weight excluding hydrogens is 215 g/mol. The minimum atomic E-state index is -4.92. The molecule has 0 aromatic rings. The van der Waals surface area contributed by atoms with E-state index in [1.165, 1.54) is 6.92 Å². The maximum absolute atomic E-state index is 9.82. The zero-order valence-electron chi connectivity index (χ0n) is 7.10. The van der Waals surface area contributed by atoms with Crippen LogP contribution in [-0.2, 0) is 19.9 Å². The van der Waals surface area contributed by atoms with Crippen molar-refractivity contribution in [2.75, 3.05) is 6.61 Å². The molecule has 0 rings (SSSR count). The van der Waals surface area contributed by atoms with Crippen LogP contribution < -0.4 is 51.4 Å². The van der Waals surface area contributed by atoms with Gasteiger partial charge in [0.05, 0.1) is 6.61 Å².